The van der Waals surface area contributed by atoms with E-state index in [0.717, 1.165) is 35.2 Å². The van der Waals surface area contributed by atoms with Crippen LogP contribution in [0, 0.1) is 13.8 Å². The van der Waals surface area contributed by atoms with E-state index in [1.807, 2.05) is 27.7 Å². The largest absolute Gasteiger partial charge is 0.507 e. The number of aliphatic hydroxyl groups is 1. The molecule has 0 aliphatic carbocycles. The predicted octanol–water partition coefficient (Wildman–Crippen LogP) is 3.64. The molecule has 4 aliphatic rings. The van der Waals surface area contributed by atoms with Crippen molar-refractivity contribution < 1.29 is 38.6 Å². The van der Waals surface area contributed by atoms with Gasteiger partial charge in [-0.3, -0.25) is 9.80 Å². The molecule has 0 saturated carbocycles. The average molecular weight is 573 g/mol. The van der Waals surface area contributed by atoms with Crippen molar-refractivity contribution in [1.82, 2.24) is 9.80 Å². The van der Waals surface area contributed by atoms with Crippen LogP contribution in [0.3, 0.4) is 0 Å². The number of nitrogens with zero attached hydrogens (tertiary/aromatic N) is 2. The van der Waals surface area contributed by atoms with Gasteiger partial charge in [-0.05, 0) is 44.9 Å². The quantitative estimate of drug-likeness (QED) is 0.360. The number of benzene rings is 2. The van der Waals surface area contributed by atoms with Crippen LogP contribution in [-0.2, 0) is 22.3 Å². The van der Waals surface area contributed by atoms with Crippen molar-refractivity contribution in [2.75, 3.05) is 61.2 Å². The first-order valence-electron chi connectivity index (χ1n) is 14.5. The van der Waals surface area contributed by atoms with Crippen LogP contribution >= 0.6 is 0 Å². The molecule has 10 heteroatoms. The highest BCUT2D eigenvalue weighted by Crippen LogP contribution is 2.57. The molecule has 4 unspecified atom stereocenters. The number of phenolic OH excluding ortho intramolecular Hbond substituents is 1. The molecule has 41 heavy (non-hydrogen) atoms. The van der Waals surface area contributed by atoms with E-state index in [-0.39, 0.29) is 50.1 Å². The van der Waals surface area contributed by atoms with Crippen molar-refractivity contribution in [3.63, 3.8) is 0 Å². The summed E-state index contributed by atoms with van der Waals surface area (Å²) in [6, 6.07) is 2.07. The Kier molecular flexibility index (Phi) is 8.87. The number of hydrogen-bond acceptors (Lipinski definition) is 10. The summed E-state index contributed by atoms with van der Waals surface area (Å²) in [6.45, 7) is 9.69. The molecule has 4 heterocycles. The maximum Gasteiger partial charge on any atom is 0.231 e. The van der Waals surface area contributed by atoms with Crippen LogP contribution in [0.5, 0.6) is 28.7 Å². The second-order valence-electron chi connectivity index (χ2n) is 10.9. The lowest BCUT2D eigenvalue weighted by atomic mass is 9.74. The molecule has 10 nitrogen and oxygen atoms in total. The van der Waals surface area contributed by atoms with E-state index >= 15 is 0 Å². The van der Waals surface area contributed by atoms with Crippen LogP contribution in [0.25, 0.3) is 0 Å². The summed E-state index contributed by atoms with van der Waals surface area (Å²) in [6.07, 6.45) is 1.44. The van der Waals surface area contributed by atoms with E-state index in [0.29, 0.717) is 48.2 Å². The predicted molar refractivity (Wildman–Crippen MR) is 153 cm³/mol. The van der Waals surface area contributed by atoms with Crippen molar-refractivity contribution in [1.29, 1.82) is 0 Å². The van der Waals surface area contributed by atoms with Gasteiger partial charge in [0.1, 0.15) is 5.75 Å². The number of ether oxygens (including phenoxy) is 6. The van der Waals surface area contributed by atoms with Crippen molar-refractivity contribution in [2.24, 2.45) is 0 Å². The van der Waals surface area contributed by atoms with Gasteiger partial charge in [-0.25, -0.2) is 0 Å². The molecule has 2 aromatic carbocycles. The van der Waals surface area contributed by atoms with Crippen LogP contribution in [-0.4, -0.2) is 93.3 Å². The molecule has 0 aromatic heterocycles. The lowest BCUT2D eigenvalue weighted by molar-refractivity contribution is -0.0612. The highest BCUT2D eigenvalue weighted by atomic mass is 16.7. The number of hydrogen-bond donors (Lipinski definition) is 2. The fourth-order valence-corrected chi connectivity index (χ4v) is 7.16. The summed E-state index contributed by atoms with van der Waals surface area (Å²) in [5.41, 5.74) is 5.68. The minimum absolute atomic E-state index is 0.0233. The molecule has 2 N–H and O–H groups in total. The van der Waals surface area contributed by atoms with Gasteiger partial charge in [0.15, 0.2) is 29.8 Å². The summed E-state index contributed by atoms with van der Waals surface area (Å²) in [7, 11) is 5.47. The Morgan fingerprint density at radius 1 is 1.02 bits per heavy atom. The summed E-state index contributed by atoms with van der Waals surface area (Å²) in [5.74, 6) is 2.84. The molecule has 0 amide bonds. The number of aryl methyl sites for hydroxylation is 1. The Morgan fingerprint density at radius 2 is 1.78 bits per heavy atom. The lowest BCUT2D eigenvalue weighted by Gasteiger charge is -2.58. The van der Waals surface area contributed by atoms with Crippen molar-refractivity contribution in [2.45, 2.75) is 64.7 Å². The first kappa shape index (κ1) is 29.7. The van der Waals surface area contributed by atoms with Crippen molar-refractivity contribution in [3.05, 3.63) is 39.4 Å². The Bertz CT molecular complexity index is 1270. The van der Waals surface area contributed by atoms with Crippen LogP contribution in [0.1, 0.15) is 59.3 Å². The highest BCUT2D eigenvalue weighted by molar-refractivity contribution is 5.66. The number of phenols is 1. The Balaban J connectivity index is 0.00000165. The highest BCUT2D eigenvalue weighted by Gasteiger charge is 2.52. The van der Waals surface area contributed by atoms with E-state index < -0.39 is 0 Å². The van der Waals surface area contributed by atoms with Crippen LogP contribution in [0.15, 0.2) is 6.07 Å². The van der Waals surface area contributed by atoms with E-state index in [4.69, 9.17) is 28.4 Å². The zero-order valence-electron chi connectivity index (χ0n) is 25.3. The third kappa shape index (κ3) is 4.79. The maximum atomic E-state index is 11.3. The molecular weight excluding hydrogens is 528 g/mol. The Hall–Kier alpha value is -2.76. The topological polar surface area (TPSA) is 102 Å². The van der Waals surface area contributed by atoms with Gasteiger partial charge in [-0.15, -0.1) is 0 Å². The first-order chi connectivity index (χ1) is 19.9. The van der Waals surface area contributed by atoms with Gasteiger partial charge < -0.3 is 38.6 Å². The van der Waals surface area contributed by atoms with Gasteiger partial charge in [0.25, 0.3) is 0 Å². The molecule has 226 valence electrons. The fraction of sp³-hybridized carbons (Fsp3) is 0.613. The molecule has 2 aromatic rings. The lowest BCUT2D eigenvalue weighted by Crippen LogP contribution is -2.64. The minimum atomic E-state index is -0.324. The minimum Gasteiger partial charge on any atom is -0.507 e. The first-order valence-corrected chi connectivity index (χ1v) is 14.5. The summed E-state index contributed by atoms with van der Waals surface area (Å²) in [4.78, 5) is 4.82. The molecular formula is C31H44N2O8. The molecule has 0 radical (unpaired) electrons. The van der Waals surface area contributed by atoms with E-state index in [1.54, 1.807) is 14.2 Å². The number of fused-ring (bicyclic) bond motifs is 9. The van der Waals surface area contributed by atoms with Gasteiger partial charge >= 0.3 is 0 Å². The monoisotopic (exact) mass is 572 g/mol. The SMILES string of the molecule is CC.COCCOCOc1c(OC)c(C)cc2c1C1C3Cc4c(O)c(C)c5c(c4C(CO)N3CC(C2)N1C)OCO5. The zero-order valence-corrected chi connectivity index (χ0v) is 25.3. The van der Waals surface area contributed by atoms with E-state index in [2.05, 4.69) is 22.9 Å². The average Bonchev–Trinajstić information content (AvgIpc) is 3.46. The molecule has 2 bridgehead atoms. The number of piperazine rings is 1. The number of aliphatic hydroxyl groups excluding tert-OH is 1. The standard InChI is InChI=1S/C29H38N2O8.C2H6/c1-15-8-17-9-18-11-31-20(10-19-23(21(31)12-32)29-27(38-14-39-29)16(2)25(19)33)24(30(18)3)22(17)28(26(15)35-5)37-13-36-7-6-34-4;1-2/h8,18,20-21,24,32-33H,6-7,9-14H2,1-5H3;1-2H3. The molecule has 0 spiro atoms. The van der Waals surface area contributed by atoms with E-state index in [1.165, 1.54) is 5.56 Å². The fourth-order valence-electron chi connectivity index (χ4n) is 7.16. The molecule has 1 fully saturated rings. The molecule has 6 rings (SSSR count). The molecule has 1 saturated heterocycles. The van der Waals surface area contributed by atoms with Gasteiger partial charge in [0.05, 0.1) is 39.0 Å². The van der Waals surface area contributed by atoms with E-state index in [9.17, 15) is 10.2 Å². The zero-order chi connectivity index (χ0) is 29.4. The Morgan fingerprint density at radius 3 is 2.49 bits per heavy atom. The van der Waals surface area contributed by atoms with Crippen molar-refractivity contribution in [3.8, 4) is 28.7 Å². The number of aromatic hydroxyl groups is 1. The molecule has 4 aliphatic heterocycles. The Labute approximate surface area is 242 Å². The van der Waals surface area contributed by atoms with Gasteiger partial charge in [0.2, 0.25) is 6.79 Å². The summed E-state index contributed by atoms with van der Waals surface area (Å²) >= 11 is 0. The van der Waals surface area contributed by atoms with Crippen LogP contribution < -0.4 is 18.9 Å². The summed E-state index contributed by atoms with van der Waals surface area (Å²) in [5, 5.41) is 22.1. The van der Waals surface area contributed by atoms with Gasteiger partial charge in [-0.2, -0.15) is 0 Å². The number of methoxy groups -OCH3 is 2. The second-order valence-corrected chi connectivity index (χ2v) is 10.9. The summed E-state index contributed by atoms with van der Waals surface area (Å²) < 4.78 is 34.6. The maximum absolute atomic E-state index is 11.3. The number of likely N-dealkylation sites (N-methyl/N-ethyl adjacent to an activating group) is 1. The number of rotatable bonds is 8. The normalized spacial score (nSPS) is 24.1. The van der Waals surface area contributed by atoms with Gasteiger partial charge in [-0.1, -0.05) is 19.9 Å². The smallest absolute Gasteiger partial charge is 0.231 e. The third-order valence-electron chi connectivity index (χ3n) is 8.93. The van der Waals surface area contributed by atoms with Crippen LogP contribution in [0.2, 0.25) is 0 Å². The molecule has 4 atom stereocenters. The van der Waals surface area contributed by atoms with Gasteiger partial charge in [0, 0.05) is 48.0 Å². The van der Waals surface area contributed by atoms with Crippen LogP contribution in [0.4, 0.5) is 0 Å². The third-order valence-corrected chi connectivity index (χ3v) is 8.93. The van der Waals surface area contributed by atoms with Crippen molar-refractivity contribution >= 4 is 0 Å². The second kappa shape index (κ2) is 12.2.